The van der Waals surface area contributed by atoms with Crippen LogP contribution in [0.1, 0.15) is 11.4 Å². The third kappa shape index (κ3) is 3.03. The summed E-state index contributed by atoms with van der Waals surface area (Å²) in [6.07, 6.45) is 1.73. The van der Waals surface area contributed by atoms with Crippen LogP contribution >= 0.6 is 0 Å². The minimum Gasteiger partial charge on any atom is -0.317 e. The number of nitrogens with one attached hydrogen (secondary N) is 1. The second-order valence-electron chi connectivity index (χ2n) is 6.21. The van der Waals surface area contributed by atoms with Gasteiger partial charge in [-0.1, -0.05) is 18.2 Å². The average Bonchev–Trinajstić information content (AvgIpc) is 3.08. The van der Waals surface area contributed by atoms with Crippen LogP contribution in [0.25, 0.3) is 11.3 Å². The number of benzene rings is 1. The van der Waals surface area contributed by atoms with Crippen LogP contribution in [0.15, 0.2) is 48.7 Å². The number of nitrogens with zero attached hydrogens (tertiary/aromatic N) is 4. The van der Waals surface area contributed by atoms with Gasteiger partial charge in [-0.25, -0.2) is 14.2 Å². The molecule has 3 aromatic rings. The highest BCUT2D eigenvalue weighted by molar-refractivity contribution is 5.89. The highest BCUT2D eigenvalue weighted by atomic mass is 19.1. The van der Waals surface area contributed by atoms with Crippen molar-refractivity contribution in [2.24, 2.45) is 0 Å². The first-order valence-electron chi connectivity index (χ1n) is 8.41. The van der Waals surface area contributed by atoms with Gasteiger partial charge in [0.2, 0.25) is 0 Å². The normalized spacial score (nSPS) is 13.4. The smallest absolute Gasteiger partial charge is 0.317 e. The van der Waals surface area contributed by atoms with Crippen LogP contribution in [-0.4, -0.2) is 32.2 Å². The Morgan fingerprint density at radius 3 is 2.73 bits per heavy atom. The lowest BCUT2D eigenvalue weighted by molar-refractivity contribution is 0.194. The Kier molecular flexibility index (Phi) is 4.12. The Morgan fingerprint density at radius 2 is 1.96 bits per heavy atom. The molecular formula is C19H18FN5O. The third-order valence-corrected chi connectivity index (χ3v) is 4.48. The van der Waals surface area contributed by atoms with Crippen molar-refractivity contribution in [3.8, 4) is 11.3 Å². The summed E-state index contributed by atoms with van der Waals surface area (Å²) < 4.78 is 15.4. The molecule has 26 heavy (non-hydrogen) atoms. The summed E-state index contributed by atoms with van der Waals surface area (Å²) >= 11 is 0. The molecule has 0 saturated heterocycles. The molecule has 0 unspecified atom stereocenters. The Labute approximate surface area is 150 Å². The van der Waals surface area contributed by atoms with Crippen molar-refractivity contribution in [3.05, 3.63) is 65.9 Å². The minimum absolute atomic E-state index is 0.155. The number of urea groups is 1. The maximum atomic E-state index is 13.5. The number of rotatable bonds is 2. The van der Waals surface area contributed by atoms with Crippen LogP contribution in [0, 0.1) is 12.7 Å². The summed E-state index contributed by atoms with van der Waals surface area (Å²) in [6.45, 7) is 3.24. The standard InChI is InChI=1S/C19H18FN5O/c1-13-16(20)7-8-17(22-13)15-11-21-25-10-9-24(12-18(15)25)19(26)23-14-5-3-2-4-6-14/h2-8,11H,9-10,12H2,1H3,(H,23,26). The SMILES string of the molecule is Cc1nc(-c2cnn3c2CN(C(=O)Nc2ccccc2)CC3)ccc1F. The van der Waals surface area contributed by atoms with Crippen LogP contribution in [0.5, 0.6) is 0 Å². The minimum atomic E-state index is -0.335. The second kappa shape index (κ2) is 6.59. The number of anilines is 1. The molecule has 1 aliphatic heterocycles. The van der Waals surface area contributed by atoms with Gasteiger partial charge in [0, 0.05) is 17.8 Å². The van der Waals surface area contributed by atoms with Gasteiger partial charge in [-0.3, -0.25) is 4.68 Å². The van der Waals surface area contributed by atoms with Gasteiger partial charge in [-0.2, -0.15) is 5.10 Å². The molecule has 0 spiro atoms. The number of hydrogen-bond donors (Lipinski definition) is 1. The van der Waals surface area contributed by atoms with Crippen LogP contribution in [-0.2, 0) is 13.1 Å². The van der Waals surface area contributed by atoms with Crippen molar-refractivity contribution in [1.29, 1.82) is 0 Å². The lowest BCUT2D eigenvalue weighted by atomic mass is 10.1. The molecule has 132 valence electrons. The fraction of sp³-hybridized carbons (Fsp3) is 0.211. The van der Waals surface area contributed by atoms with Gasteiger partial charge in [0.15, 0.2) is 0 Å². The van der Waals surface area contributed by atoms with E-state index in [1.165, 1.54) is 6.07 Å². The highest BCUT2D eigenvalue weighted by Gasteiger charge is 2.25. The lowest BCUT2D eigenvalue weighted by Gasteiger charge is -2.28. The van der Waals surface area contributed by atoms with Crippen LogP contribution in [0.2, 0.25) is 0 Å². The van der Waals surface area contributed by atoms with E-state index in [1.54, 1.807) is 24.1 Å². The van der Waals surface area contributed by atoms with Gasteiger partial charge >= 0.3 is 6.03 Å². The Balaban J connectivity index is 1.57. The summed E-state index contributed by atoms with van der Waals surface area (Å²) in [5, 5.41) is 7.29. The van der Waals surface area contributed by atoms with E-state index in [1.807, 2.05) is 35.0 Å². The number of carbonyl (C=O) groups excluding carboxylic acids is 1. The van der Waals surface area contributed by atoms with E-state index in [0.29, 0.717) is 31.0 Å². The van der Waals surface area contributed by atoms with E-state index in [0.717, 1.165) is 16.9 Å². The van der Waals surface area contributed by atoms with Gasteiger partial charge < -0.3 is 10.2 Å². The first kappa shape index (κ1) is 16.3. The maximum Gasteiger partial charge on any atom is 0.322 e. The predicted octanol–water partition coefficient (Wildman–Crippen LogP) is 3.44. The quantitative estimate of drug-likeness (QED) is 0.769. The van der Waals surface area contributed by atoms with E-state index in [-0.39, 0.29) is 11.8 Å². The molecule has 0 radical (unpaired) electrons. The summed E-state index contributed by atoms with van der Waals surface area (Å²) in [5.41, 5.74) is 3.49. The molecule has 0 atom stereocenters. The monoisotopic (exact) mass is 351 g/mol. The van der Waals surface area contributed by atoms with E-state index >= 15 is 0 Å². The van der Waals surface area contributed by atoms with E-state index in [4.69, 9.17) is 0 Å². The Bertz CT molecular complexity index is 954. The summed E-state index contributed by atoms with van der Waals surface area (Å²) in [7, 11) is 0. The number of aromatic nitrogens is 3. The number of halogens is 1. The first-order valence-corrected chi connectivity index (χ1v) is 8.41. The van der Waals surface area contributed by atoms with Crippen molar-refractivity contribution in [2.75, 3.05) is 11.9 Å². The summed E-state index contributed by atoms with van der Waals surface area (Å²) in [6, 6.07) is 12.2. The Morgan fingerprint density at radius 1 is 1.15 bits per heavy atom. The van der Waals surface area contributed by atoms with Gasteiger partial charge in [0.25, 0.3) is 0 Å². The molecule has 2 amide bonds. The molecule has 0 fully saturated rings. The van der Waals surface area contributed by atoms with Crippen LogP contribution in [0.4, 0.5) is 14.9 Å². The number of pyridine rings is 1. The van der Waals surface area contributed by atoms with Crippen LogP contribution < -0.4 is 5.32 Å². The van der Waals surface area contributed by atoms with Gasteiger partial charge in [-0.15, -0.1) is 0 Å². The van der Waals surface area contributed by atoms with Crippen LogP contribution in [0.3, 0.4) is 0 Å². The number of fused-ring (bicyclic) bond motifs is 1. The van der Waals surface area contributed by atoms with Gasteiger partial charge in [0.1, 0.15) is 5.82 Å². The fourth-order valence-electron chi connectivity index (χ4n) is 3.05. The lowest BCUT2D eigenvalue weighted by Crippen LogP contribution is -2.41. The fourth-order valence-corrected chi connectivity index (χ4v) is 3.05. The van der Waals surface area contributed by atoms with E-state index < -0.39 is 0 Å². The molecule has 2 aromatic heterocycles. The molecule has 7 heteroatoms. The second-order valence-corrected chi connectivity index (χ2v) is 6.21. The molecule has 1 aromatic carbocycles. The van der Waals surface area contributed by atoms with Crippen molar-refractivity contribution < 1.29 is 9.18 Å². The average molecular weight is 351 g/mol. The largest absolute Gasteiger partial charge is 0.322 e. The number of para-hydroxylation sites is 1. The number of amides is 2. The molecule has 4 rings (SSSR count). The third-order valence-electron chi connectivity index (χ3n) is 4.48. The van der Waals surface area contributed by atoms with E-state index in [2.05, 4.69) is 15.4 Å². The highest BCUT2D eigenvalue weighted by Crippen LogP contribution is 2.26. The van der Waals surface area contributed by atoms with Crippen molar-refractivity contribution >= 4 is 11.7 Å². The number of carbonyl (C=O) groups is 1. The molecule has 0 saturated carbocycles. The molecule has 3 heterocycles. The zero-order chi connectivity index (χ0) is 18.1. The van der Waals surface area contributed by atoms with Gasteiger partial charge in [0.05, 0.1) is 36.4 Å². The topological polar surface area (TPSA) is 63.1 Å². The molecular weight excluding hydrogens is 333 g/mol. The van der Waals surface area contributed by atoms with Crippen molar-refractivity contribution in [2.45, 2.75) is 20.0 Å². The summed E-state index contributed by atoms with van der Waals surface area (Å²) in [5.74, 6) is -0.335. The number of aryl methyl sites for hydroxylation is 1. The van der Waals surface area contributed by atoms with Crippen molar-refractivity contribution in [3.63, 3.8) is 0 Å². The first-order chi connectivity index (χ1) is 12.6. The maximum absolute atomic E-state index is 13.5. The molecule has 1 N–H and O–H groups in total. The van der Waals surface area contributed by atoms with E-state index in [9.17, 15) is 9.18 Å². The summed E-state index contributed by atoms with van der Waals surface area (Å²) in [4.78, 5) is 18.6. The molecule has 0 aliphatic carbocycles. The molecule has 0 bridgehead atoms. The zero-order valence-electron chi connectivity index (χ0n) is 14.3. The molecule has 6 nitrogen and oxygen atoms in total. The Hall–Kier alpha value is -3.22. The zero-order valence-corrected chi connectivity index (χ0v) is 14.3. The van der Waals surface area contributed by atoms with Gasteiger partial charge in [-0.05, 0) is 31.2 Å². The number of hydrogen-bond acceptors (Lipinski definition) is 3. The van der Waals surface area contributed by atoms with Crippen molar-refractivity contribution in [1.82, 2.24) is 19.7 Å². The molecule has 1 aliphatic rings. The predicted molar refractivity (Wildman–Crippen MR) is 96.0 cm³/mol.